The van der Waals surface area contributed by atoms with Gasteiger partial charge in [-0.2, -0.15) is 0 Å². The lowest BCUT2D eigenvalue weighted by Crippen LogP contribution is -2.06. The average molecular weight is 337 g/mol. The van der Waals surface area contributed by atoms with Crippen molar-refractivity contribution < 1.29 is 4.74 Å². The monoisotopic (exact) mass is 336 g/mol. The van der Waals surface area contributed by atoms with Crippen LogP contribution in [0.1, 0.15) is 111 Å². The van der Waals surface area contributed by atoms with E-state index in [1.54, 1.807) is 0 Å². The minimum atomic E-state index is 0.296. The van der Waals surface area contributed by atoms with Crippen molar-refractivity contribution in [3.05, 3.63) is 24.5 Å². The summed E-state index contributed by atoms with van der Waals surface area (Å²) in [6.07, 6.45) is 18.4. The fourth-order valence-electron chi connectivity index (χ4n) is 2.96. The summed E-state index contributed by atoms with van der Waals surface area (Å²) >= 11 is 0. The Morgan fingerprint density at radius 3 is 1.71 bits per heavy atom. The highest BCUT2D eigenvalue weighted by Gasteiger charge is 2.11. The molecule has 1 atom stereocenters. The van der Waals surface area contributed by atoms with Crippen LogP contribution >= 0.6 is 0 Å². The Hall–Kier alpha value is -0.720. The molecule has 0 saturated heterocycles. The second kappa shape index (κ2) is 17.1. The summed E-state index contributed by atoms with van der Waals surface area (Å²) in [5.41, 5.74) is 1.29. The first-order valence-corrected chi connectivity index (χ1v) is 10.6. The number of allylic oxidation sites excluding steroid dienone is 1. The summed E-state index contributed by atoms with van der Waals surface area (Å²) in [6.45, 7) is 15.9. The lowest BCUT2D eigenvalue weighted by molar-refractivity contribution is 0.183. The molecule has 0 bridgehead atoms. The highest BCUT2D eigenvalue weighted by Crippen LogP contribution is 2.23. The number of ether oxygens (including phenoxy) is 1. The van der Waals surface area contributed by atoms with Gasteiger partial charge >= 0.3 is 0 Å². The Morgan fingerprint density at radius 2 is 1.17 bits per heavy atom. The third-order valence-corrected chi connectivity index (χ3v) is 4.98. The number of rotatable bonds is 18. The van der Waals surface area contributed by atoms with Crippen LogP contribution in [0.5, 0.6) is 0 Å². The van der Waals surface area contributed by atoms with Crippen LogP contribution in [0.25, 0.3) is 0 Å². The van der Waals surface area contributed by atoms with E-state index in [1.165, 1.54) is 82.6 Å². The van der Waals surface area contributed by atoms with Crippen LogP contribution in [0.4, 0.5) is 0 Å². The van der Waals surface area contributed by atoms with Gasteiger partial charge < -0.3 is 4.74 Å². The maximum atomic E-state index is 5.85. The molecule has 142 valence electrons. The highest BCUT2D eigenvalue weighted by atomic mass is 16.5. The molecule has 0 rings (SSSR count). The Morgan fingerprint density at radius 1 is 0.708 bits per heavy atom. The van der Waals surface area contributed by atoms with Crippen LogP contribution < -0.4 is 0 Å². The van der Waals surface area contributed by atoms with Crippen molar-refractivity contribution in [1.82, 2.24) is 0 Å². The standard InChI is InChI=1S/C23H44O/c1-6-8-10-12-14-15-17-19-21(3)22(4)23(5)24-20-18-16-13-11-9-7-2/h22H,3,5-20H2,1-2,4H3. The molecule has 0 radical (unpaired) electrons. The molecule has 0 fully saturated rings. The molecule has 0 aliphatic heterocycles. The molecule has 0 heterocycles. The molecule has 0 N–H and O–H groups in total. The van der Waals surface area contributed by atoms with E-state index in [4.69, 9.17) is 4.74 Å². The number of hydrogen-bond acceptors (Lipinski definition) is 1. The SMILES string of the molecule is C=C(CCCCCCCCC)C(C)C(=C)OCCCCCCCC. The zero-order chi connectivity index (χ0) is 18.0. The normalized spacial score (nSPS) is 12.1. The van der Waals surface area contributed by atoms with Crippen molar-refractivity contribution in [1.29, 1.82) is 0 Å². The fourth-order valence-corrected chi connectivity index (χ4v) is 2.96. The van der Waals surface area contributed by atoms with Crippen molar-refractivity contribution in [3.8, 4) is 0 Å². The molecule has 1 heteroatoms. The first kappa shape index (κ1) is 23.3. The summed E-state index contributed by atoms with van der Waals surface area (Å²) < 4.78 is 5.85. The molecule has 1 unspecified atom stereocenters. The summed E-state index contributed by atoms with van der Waals surface area (Å²) in [5.74, 6) is 1.21. The van der Waals surface area contributed by atoms with Crippen molar-refractivity contribution in [3.63, 3.8) is 0 Å². The average Bonchev–Trinajstić information content (AvgIpc) is 2.59. The molecule has 0 aliphatic carbocycles. The molecule has 24 heavy (non-hydrogen) atoms. The molecule has 0 amide bonds. The highest BCUT2D eigenvalue weighted by molar-refractivity contribution is 5.10. The molecule has 0 spiro atoms. The van der Waals surface area contributed by atoms with Crippen LogP contribution in [-0.4, -0.2) is 6.61 Å². The zero-order valence-corrected chi connectivity index (χ0v) is 17.0. The second-order valence-corrected chi connectivity index (χ2v) is 7.33. The van der Waals surface area contributed by atoms with Crippen molar-refractivity contribution in [2.24, 2.45) is 5.92 Å². The van der Waals surface area contributed by atoms with Crippen LogP contribution in [0.2, 0.25) is 0 Å². The maximum absolute atomic E-state index is 5.85. The van der Waals surface area contributed by atoms with Crippen molar-refractivity contribution in [2.75, 3.05) is 6.61 Å². The van der Waals surface area contributed by atoms with Gasteiger partial charge in [-0.3, -0.25) is 0 Å². The summed E-state index contributed by atoms with van der Waals surface area (Å²) in [4.78, 5) is 0. The molecule has 0 aliphatic rings. The van der Waals surface area contributed by atoms with E-state index >= 15 is 0 Å². The Kier molecular flexibility index (Phi) is 16.6. The number of unbranched alkanes of at least 4 members (excludes halogenated alkanes) is 11. The zero-order valence-electron chi connectivity index (χ0n) is 17.0. The fraction of sp³-hybridized carbons (Fsp3) is 0.826. The quantitative estimate of drug-likeness (QED) is 0.139. The van der Waals surface area contributed by atoms with Gasteiger partial charge in [-0.05, 0) is 19.3 Å². The van der Waals surface area contributed by atoms with Gasteiger partial charge in [0.15, 0.2) is 0 Å². The predicted molar refractivity (Wildman–Crippen MR) is 109 cm³/mol. The van der Waals surface area contributed by atoms with Gasteiger partial charge in [0.05, 0.1) is 12.4 Å². The Labute approximate surface area is 153 Å². The third-order valence-electron chi connectivity index (χ3n) is 4.98. The lowest BCUT2D eigenvalue weighted by atomic mass is 9.95. The summed E-state index contributed by atoms with van der Waals surface area (Å²) in [7, 11) is 0. The second-order valence-electron chi connectivity index (χ2n) is 7.33. The van der Waals surface area contributed by atoms with Crippen molar-refractivity contribution >= 4 is 0 Å². The minimum absolute atomic E-state index is 0.296. The molecular formula is C23H44O. The van der Waals surface area contributed by atoms with E-state index in [0.29, 0.717) is 5.92 Å². The van der Waals surface area contributed by atoms with E-state index in [1.807, 2.05) is 0 Å². The third kappa shape index (κ3) is 13.7. The van der Waals surface area contributed by atoms with Crippen molar-refractivity contribution in [2.45, 2.75) is 111 Å². The van der Waals surface area contributed by atoms with E-state index in [0.717, 1.165) is 25.2 Å². The molecule has 0 aromatic carbocycles. The van der Waals surface area contributed by atoms with Gasteiger partial charge in [-0.15, -0.1) is 0 Å². The molecule has 0 aromatic rings. The smallest absolute Gasteiger partial charge is 0.0956 e. The largest absolute Gasteiger partial charge is 0.498 e. The van der Waals surface area contributed by atoms with E-state index < -0.39 is 0 Å². The van der Waals surface area contributed by atoms with Gasteiger partial charge in [-0.1, -0.05) is 110 Å². The minimum Gasteiger partial charge on any atom is -0.498 e. The Bertz CT molecular complexity index is 275. The molecular weight excluding hydrogens is 292 g/mol. The van der Waals surface area contributed by atoms with Gasteiger partial charge in [-0.25, -0.2) is 0 Å². The number of hydrogen-bond donors (Lipinski definition) is 0. The first-order valence-electron chi connectivity index (χ1n) is 10.6. The van der Waals surface area contributed by atoms with Crippen LogP contribution in [0, 0.1) is 5.92 Å². The Balaban J connectivity index is 3.59. The topological polar surface area (TPSA) is 9.23 Å². The van der Waals surface area contributed by atoms with Crippen LogP contribution in [0.15, 0.2) is 24.5 Å². The summed E-state index contributed by atoms with van der Waals surface area (Å²) in [5, 5.41) is 0. The maximum Gasteiger partial charge on any atom is 0.0956 e. The summed E-state index contributed by atoms with van der Waals surface area (Å²) in [6, 6.07) is 0. The first-order chi connectivity index (χ1) is 11.6. The van der Waals surface area contributed by atoms with Gasteiger partial charge in [0.25, 0.3) is 0 Å². The lowest BCUT2D eigenvalue weighted by Gasteiger charge is -2.18. The van der Waals surface area contributed by atoms with Crippen LogP contribution in [-0.2, 0) is 4.74 Å². The van der Waals surface area contributed by atoms with Crippen LogP contribution in [0.3, 0.4) is 0 Å². The van der Waals surface area contributed by atoms with E-state index in [2.05, 4.69) is 33.9 Å². The van der Waals surface area contributed by atoms with Gasteiger partial charge in [0.2, 0.25) is 0 Å². The predicted octanol–water partition coefficient (Wildman–Crippen LogP) is 8.21. The molecule has 0 aromatic heterocycles. The van der Waals surface area contributed by atoms with E-state index in [-0.39, 0.29) is 0 Å². The van der Waals surface area contributed by atoms with Gasteiger partial charge in [0.1, 0.15) is 0 Å². The van der Waals surface area contributed by atoms with E-state index in [9.17, 15) is 0 Å². The molecule has 1 nitrogen and oxygen atoms in total. The molecule has 0 saturated carbocycles. The van der Waals surface area contributed by atoms with Gasteiger partial charge in [0, 0.05) is 5.92 Å².